The van der Waals surface area contributed by atoms with E-state index in [-0.39, 0.29) is 30.1 Å². The summed E-state index contributed by atoms with van der Waals surface area (Å²) in [6, 6.07) is 7.80. The fraction of sp³-hybridized carbons (Fsp3) is 0.481. The molecule has 1 aromatic heterocycles. The molecule has 0 saturated carbocycles. The second-order valence-corrected chi connectivity index (χ2v) is 9.94. The summed E-state index contributed by atoms with van der Waals surface area (Å²) in [6.07, 6.45) is 7.02. The lowest BCUT2D eigenvalue weighted by molar-refractivity contribution is 0.0924. The number of aryl methyl sites for hydroxylation is 1. The molecule has 0 aliphatic carbocycles. The van der Waals surface area contributed by atoms with Crippen LogP contribution >= 0.6 is 0 Å². The summed E-state index contributed by atoms with van der Waals surface area (Å²) >= 11 is 0. The molecule has 2 unspecified atom stereocenters. The summed E-state index contributed by atoms with van der Waals surface area (Å²) < 4.78 is 0. The van der Waals surface area contributed by atoms with Crippen LogP contribution in [0.15, 0.2) is 30.5 Å². The van der Waals surface area contributed by atoms with E-state index in [0.717, 1.165) is 49.9 Å². The number of amides is 3. The van der Waals surface area contributed by atoms with Gasteiger partial charge in [-0.3, -0.25) is 14.4 Å². The maximum atomic E-state index is 13.4. The summed E-state index contributed by atoms with van der Waals surface area (Å²) in [5.41, 5.74) is 13.6. The third-order valence-corrected chi connectivity index (χ3v) is 7.59. The van der Waals surface area contributed by atoms with E-state index in [2.05, 4.69) is 34.4 Å². The summed E-state index contributed by atoms with van der Waals surface area (Å²) in [6.45, 7) is 5.99. The summed E-state index contributed by atoms with van der Waals surface area (Å²) in [7, 11) is 0. The van der Waals surface area contributed by atoms with Gasteiger partial charge >= 0.3 is 0 Å². The number of nitrogens with zero attached hydrogens (tertiary/aromatic N) is 2. The van der Waals surface area contributed by atoms with Crippen LogP contribution in [0.2, 0.25) is 0 Å². The number of nitrogens with one attached hydrogen (secondary N) is 2. The Morgan fingerprint density at radius 3 is 2.22 bits per heavy atom. The largest absolute Gasteiger partial charge is 0.382 e. The Kier molecular flexibility index (Phi) is 7.47. The number of benzene rings is 1. The zero-order valence-corrected chi connectivity index (χ0v) is 21.2. The first-order chi connectivity index (χ1) is 17.2. The number of carbonyl (C=O) groups is 3. The third-order valence-electron chi connectivity index (χ3n) is 7.59. The van der Waals surface area contributed by atoms with E-state index in [4.69, 9.17) is 11.5 Å². The SMILES string of the molecule is CCC(CC)Nc1cc(C(=O)NC2CC3CCC(C2)N3c2ccc(C(N)=O)cn2)c(C)cc1C(N)=O. The molecule has 3 amide bonds. The zero-order valence-electron chi connectivity index (χ0n) is 21.2. The number of nitrogens with two attached hydrogens (primary N) is 2. The first-order valence-corrected chi connectivity index (χ1v) is 12.8. The molecule has 2 aromatic rings. The van der Waals surface area contributed by atoms with Gasteiger partial charge in [0.25, 0.3) is 11.8 Å². The van der Waals surface area contributed by atoms with Crippen molar-refractivity contribution in [3.63, 3.8) is 0 Å². The molecule has 0 spiro atoms. The highest BCUT2D eigenvalue weighted by Crippen LogP contribution is 2.38. The Bertz CT molecular complexity index is 1130. The molecule has 9 heteroatoms. The molecule has 2 bridgehead atoms. The first-order valence-electron chi connectivity index (χ1n) is 12.8. The minimum absolute atomic E-state index is 0.0433. The molecule has 9 nitrogen and oxygen atoms in total. The predicted octanol–water partition coefficient (Wildman–Crippen LogP) is 3.12. The lowest BCUT2D eigenvalue weighted by atomic mass is 9.95. The Balaban J connectivity index is 1.48. The number of pyridine rings is 1. The molecule has 2 aliphatic heterocycles. The number of piperidine rings is 1. The van der Waals surface area contributed by atoms with Crippen LogP contribution in [-0.4, -0.2) is 46.9 Å². The fourth-order valence-corrected chi connectivity index (χ4v) is 5.61. The molecule has 36 heavy (non-hydrogen) atoms. The molecule has 0 radical (unpaired) electrons. The van der Waals surface area contributed by atoms with Crippen molar-refractivity contribution in [3.05, 3.63) is 52.7 Å². The van der Waals surface area contributed by atoms with Crippen molar-refractivity contribution in [2.75, 3.05) is 10.2 Å². The van der Waals surface area contributed by atoms with E-state index in [9.17, 15) is 14.4 Å². The van der Waals surface area contributed by atoms with Crippen molar-refractivity contribution in [2.45, 2.75) is 83.5 Å². The molecule has 2 atom stereocenters. The molecule has 2 aliphatic rings. The minimum atomic E-state index is -0.514. The maximum absolute atomic E-state index is 13.4. The van der Waals surface area contributed by atoms with Crippen molar-refractivity contribution >= 4 is 29.2 Å². The highest BCUT2D eigenvalue weighted by molar-refractivity contribution is 6.03. The number of anilines is 2. The molecule has 1 aromatic carbocycles. The molecular weight excluding hydrogens is 456 g/mol. The van der Waals surface area contributed by atoms with Crippen LogP contribution in [0.5, 0.6) is 0 Å². The van der Waals surface area contributed by atoms with Gasteiger partial charge in [0.1, 0.15) is 5.82 Å². The summed E-state index contributed by atoms with van der Waals surface area (Å²) in [5, 5.41) is 6.63. The van der Waals surface area contributed by atoms with Crippen molar-refractivity contribution in [3.8, 4) is 0 Å². The van der Waals surface area contributed by atoms with Gasteiger partial charge in [0, 0.05) is 41.6 Å². The van der Waals surface area contributed by atoms with Crippen LogP contribution in [0.3, 0.4) is 0 Å². The number of carbonyl (C=O) groups excluding carboxylic acids is 3. The predicted molar refractivity (Wildman–Crippen MR) is 140 cm³/mol. The third kappa shape index (κ3) is 5.15. The average molecular weight is 493 g/mol. The molecule has 3 heterocycles. The number of hydrogen-bond donors (Lipinski definition) is 4. The van der Waals surface area contributed by atoms with Crippen LogP contribution in [0, 0.1) is 6.92 Å². The first kappa shape index (κ1) is 25.5. The maximum Gasteiger partial charge on any atom is 0.251 e. The highest BCUT2D eigenvalue weighted by atomic mass is 16.2. The molecule has 6 N–H and O–H groups in total. The second kappa shape index (κ2) is 10.6. The Morgan fingerprint density at radius 2 is 1.69 bits per heavy atom. The lowest BCUT2D eigenvalue weighted by Crippen LogP contribution is -2.50. The van der Waals surface area contributed by atoms with Gasteiger partial charge in [-0.05, 0) is 75.3 Å². The Hall–Kier alpha value is -3.62. The normalized spacial score (nSPS) is 20.9. The smallest absolute Gasteiger partial charge is 0.251 e. The molecule has 192 valence electrons. The number of fused-ring (bicyclic) bond motifs is 2. The van der Waals surface area contributed by atoms with Gasteiger partial charge in [-0.25, -0.2) is 4.98 Å². The van der Waals surface area contributed by atoms with E-state index in [1.807, 2.05) is 13.0 Å². The van der Waals surface area contributed by atoms with Crippen LogP contribution in [0.4, 0.5) is 11.5 Å². The van der Waals surface area contributed by atoms with E-state index in [1.165, 1.54) is 6.20 Å². The number of primary amides is 2. The number of hydrogen-bond acceptors (Lipinski definition) is 6. The Labute approximate surface area is 212 Å². The second-order valence-electron chi connectivity index (χ2n) is 9.94. The summed E-state index contributed by atoms with van der Waals surface area (Å²) in [4.78, 5) is 43.6. The van der Waals surface area contributed by atoms with Gasteiger partial charge in [0.2, 0.25) is 5.91 Å². The average Bonchev–Trinajstić information content (AvgIpc) is 3.12. The van der Waals surface area contributed by atoms with Gasteiger partial charge in [-0.2, -0.15) is 0 Å². The van der Waals surface area contributed by atoms with E-state index < -0.39 is 11.8 Å². The quantitative estimate of drug-likeness (QED) is 0.423. The van der Waals surface area contributed by atoms with E-state index in [0.29, 0.717) is 22.4 Å². The fourth-order valence-electron chi connectivity index (χ4n) is 5.61. The van der Waals surface area contributed by atoms with Crippen molar-refractivity contribution in [2.24, 2.45) is 11.5 Å². The molecule has 4 rings (SSSR count). The van der Waals surface area contributed by atoms with Crippen LogP contribution in [0.1, 0.15) is 89.0 Å². The molecule has 2 saturated heterocycles. The molecular formula is C27H36N6O3. The summed E-state index contributed by atoms with van der Waals surface area (Å²) in [5.74, 6) is -0.305. The highest BCUT2D eigenvalue weighted by Gasteiger charge is 2.42. The van der Waals surface area contributed by atoms with Gasteiger partial charge in [-0.1, -0.05) is 13.8 Å². The lowest BCUT2D eigenvalue weighted by Gasteiger charge is -2.40. The van der Waals surface area contributed by atoms with Crippen LogP contribution in [-0.2, 0) is 0 Å². The Morgan fingerprint density at radius 1 is 1.03 bits per heavy atom. The topological polar surface area (TPSA) is 143 Å². The van der Waals surface area contributed by atoms with Gasteiger partial charge < -0.3 is 27.0 Å². The number of rotatable bonds is 9. The van der Waals surface area contributed by atoms with E-state index >= 15 is 0 Å². The van der Waals surface area contributed by atoms with Crippen molar-refractivity contribution < 1.29 is 14.4 Å². The monoisotopic (exact) mass is 492 g/mol. The van der Waals surface area contributed by atoms with E-state index in [1.54, 1.807) is 18.2 Å². The minimum Gasteiger partial charge on any atom is -0.382 e. The van der Waals surface area contributed by atoms with Gasteiger partial charge in [0.15, 0.2) is 0 Å². The van der Waals surface area contributed by atoms with Gasteiger partial charge in [-0.15, -0.1) is 0 Å². The van der Waals surface area contributed by atoms with Crippen LogP contribution < -0.4 is 27.0 Å². The van der Waals surface area contributed by atoms with Crippen LogP contribution in [0.25, 0.3) is 0 Å². The van der Waals surface area contributed by atoms with Gasteiger partial charge in [0.05, 0.1) is 11.1 Å². The standard InChI is InChI=1S/C27H36N6O3/c1-4-17(5-2)31-23-13-21(15(3)10-22(23)26(29)35)27(36)32-18-11-19-7-8-20(12-18)33(19)24-9-6-16(14-30-24)25(28)34/h6,9-10,13-14,17-20,31H,4-5,7-8,11-12H2,1-3H3,(H2,28,34)(H2,29,35)(H,32,36). The zero-order chi connectivity index (χ0) is 26.0. The number of aromatic nitrogens is 1. The molecule has 2 fully saturated rings. The van der Waals surface area contributed by atoms with Crippen molar-refractivity contribution in [1.82, 2.24) is 10.3 Å². The van der Waals surface area contributed by atoms with Crippen molar-refractivity contribution in [1.29, 1.82) is 0 Å².